The van der Waals surface area contributed by atoms with Crippen molar-refractivity contribution >= 4 is 21.6 Å². The molecule has 0 unspecified atom stereocenters. The molecule has 0 radical (unpaired) electrons. The first-order valence-corrected chi connectivity index (χ1v) is 6.05. The highest BCUT2D eigenvalue weighted by Gasteiger charge is 2.24. The molecule has 0 spiro atoms. The largest absolute Gasteiger partial charge is 0.266 e. The van der Waals surface area contributed by atoms with Crippen molar-refractivity contribution in [3.8, 4) is 0 Å². The van der Waals surface area contributed by atoms with Crippen molar-refractivity contribution in [3.63, 3.8) is 0 Å². The molecular formula is C12H14BrNO. The number of halogens is 1. The van der Waals surface area contributed by atoms with E-state index < -0.39 is 0 Å². The molecule has 80 valence electrons. The highest BCUT2D eigenvalue weighted by atomic mass is 79.9. The minimum atomic E-state index is -0.219. The molecule has 2 rings (SSSR count). The molecule has 15 heavy (non-hydrogen) atoms. The SMILES string of the molecule is CC1(C)C=C(c2ccc(CBr)cc2)NO1. The molecule has 1 aromatic rings. The molecule has 1 N–H and O–H groups in total. The van der Waals surface area contributed by atoms with Gasteiger partial charge in [-0.15, -0.1) is 0 Å². The molecule has 0 saturated heterocycles. The van der Waals surface area contributed by atoms with Crippen molar-refractivity contribution in [3.05, 3.63) is 41.5 Å². The monoisotopic (exact) mass is 267 g/mol. The summed E-state index contributed by atoms with van der Waals surface area (Å²) >= 11 is 3.43. The van der Waals surface area contributed by atoms with Crippen molar-refractivity contribution < 1.29 is 4.84 Å². The van der Waals surface area contributed by atoms with E-state index >= 15 is 0 Å². The first kappa shape index (κ1) is 10.7. The Morgan fingerprint density at radius 2 is 1.93 bits per heavy atom. The molecule has 0 aliphatic carbocycles. The molecule has 3 heteroatoms. The first-order chi connectivity index (χ1) is 7.11. The minimum Gasteiger partial charge on any atom is -0.266 e. The van der Waals surface area contributed by atoms with E-state index in [1.54, 1.807) is 0 Å². The Labute approximate surface area is 98.4 Å². The number of benzene rings is 1. The van der Waals surface area contributed by atoms with Gasteiger partial charge < -0.3 is 0 Å². The summed E-state index contributed by atoms with van der Waals surface area (Å²) < 4.78 is 0. The van der Waals surface area contributed by atoms with Crippen LogP contribution in [0.2, 0.25) is 0 Å². The third-order valence-corrected chi connectivity index (χ3v) is 2.98. The Hall–Kier alpha value is -0.800. The van der Waals surface area contributed by atoms with Gasteiger partial charge in [0.15, 0.2) is 0 Å². The molecule has 1 heterocycles. The van der Waals surface area contributed by atoms with Crippen LogP contribution in [0.3, 0.4) is 0 Å². The van der Waals surface area contributed by atoms with E-state index in [9.17, 15) is 0 Å². The van der Waals surface area contributed by atoms with Crippen molar-refractivity contribution in [2.75, 3.05) is 0 Å². The van der Waals surface area contributed by atoms with E-state index in [1.165, 1.54) is 5.56 Å². The van der Waals surface area contributed by atoms with Crippen molar-refractivity contribution in [1.82, 2.24) is 5.48 Å². The Kier molecular flexibility index (Phi) is 2.85. The zero-order chi connectivity index (χ0) is 10.9. The summed E-state index contributed by atoms with van der Waals surface area (Å²) in [5.74, 6) is 0. The summed E-state index contributed by atoms with van der Waals surface area (Å²) in [7, 11) is 0. The summed E-state index contributed by atoms with van der Waals surface area (Å²) in [4.78, 5) is 5.41. The van der Waals surface area contributed by atoms with E-state index in [4.69, 9.17) is 4.84 Å². The Morgan fingerprint density at radius 3 is 2.40 bits per heavy atom. The van der Waals surface area contributed by atoms with Gasteiger partial charge in [0.2, 0.25) is 0 Å². The van der Waals surface area contributed by atoms with Crippen LogP contribution in [-0.2, 0) is 10.2 Å². The van der Waals surface area contributed by atoms with Gasteiger partial charge >= 0.3 is 0 Å². The lowest BCUT2D eigenvalue weighted by Crippen LogP contribution is -2.20. The topological polar surface area (TPSA) is 21.3 Å². The molecule has 0 aromatic heterocycles. The fourth-order valence-electron chi connectivity index (χ4n) is 1.51. The van der Waals surface area contributed by atoms with Crippen LogP contribution < -0.4 is 5.48 Å². The number of nitrogens with one attached hydrogen (secondary N) is 1. The number of hydrogen-bond acceptors (Lipinski definition) is 2. The number of hydroxylamine groups is 1. The molecule has 0 bridgehead atoms. The number of alkyl halides is 1. The van der Waals surface area contributed by atoms with E-state index in [0.717, 1.165) is 16.6 Å². The van der Waals surface area contributed by atoms with Crippen LogP contribution in [-0.4, -0.2) is 5.60 Å². The van der Waals surface area contributed by atoms with Crippen LogP contribution in [0.4, 0.5) is 0 Å². The van der Waals surface area contributed by atoms with Gasteiger partial charge in [0, 0.05) is 5.33 Å². The highest BCUT2D eigenvalue weighted by molar-refractivity contribution is 9.08. The minimum absolute atomic E-state index is 0.219. The second-order valence-corrected chi connectivity index (χ2v) is 4.76. The lowest BCUT2D eigenvalue weighted by molar-refractivity contribution is -0.00839. The molecule has 1 aliphatic heterocycles. The maximum Gasteiger partial charge on any atom is 0.111 e. The third-order valence-electron chi connectivity index (χ3n) is 2.34. The second kappa shape index (κ2) is 3.99. The lowest BCUT2D eigenvalue weighted by Gasteiger charge is -2.11. The highest BCUT2D eigenvalue weighted by Crippen LogP contribution is 2.25. The van der Waals surface area contributed by atoms with Crippen molar-refractivity contribution in [2.45, 2.75) is 24.8 Å². The summed E-state index contributed by atoms with van der Waals surface area (Å²) in [6, 6.07) is 8.41. The summed E-state index contributed by atoms with van der Waals surface area (Å²) in [6.45, 7) is 4.06. The fourth-order valence-corrected chi connectivity index (χ4v) is 1.88. The van der Waals surface area contributed by atoms with Crippen molar-refractivity contribution in [1.29, 1.82) is 0 Å². The van der Waals surface area contributed by atoms with Crippen LogP contribution >= 0.6 is 15.9 Å². The van der Waals surface area contributed by atoms with Gasteiger partial charge in [-0.25, -0.2) is 0 Å². The summed E-state index contributed by atoms with van der Waals surface area (Å²) in [5.41, 5.74) is 6.21. The van der Waals surface area contributed by atoms with E-state index in [-0.39, 0.29) is 5.60 Å². The van der Waals surface area contributed by atoms with Gasteiger partial charge in [0.25, 0.3) is 0 Å². The summed E-state index contributed by atoms with van der Waals surface area (Å²) in [5, 5.41) is 0.891. The van der Waals surface area contributed by atoms with Crippen molar-refractivity contribution in [2.24, 2.45) is 0 Å². The maximum atomic E-state index is 5.41. The smallest absolute Gasteiger partial charge is 0.111 e. The van der Waals surface area contributed by atoms with Crippen LogP contribution in [0.25, 0.3) is 5.70 Å². The van der Waals surface area contributed by atoms with Gasteiger partial charge in [-0.05, 0) is 31.1 Å². The van der Waals surface area contributed by atoms with E-state index in [2.05, 4.69) is 51.8 Å². The average Bonchev–Trinajstić information content (AvgIpc) is 2.59. The Morgan fingerprint density at radius 1 is 1.27 bits per heavy atom. The second-order valence-electron chi connectivity index (χ2n) is 4.20. The van der Waals surface area contributed by atoms with Crippen LogP contribution in [0, 0.1) is 0 Å². The quantitative estimate of drug-likeness (QED) is 0.831. The molecule has 1 aromatic carbocycles. The molecule has 1 aliphatic rings. The number of rotatable bonds is 2. The zero-order valence-electron chi connectivity index (χ0n) is 8.88. The Balaban J connectivity index is 2.24. The molecule has 0 atom stereocenters. The molecule has 0 fully saturated rings. The predicted octanol–water partition coefficient (Wildman–Crippen LogP) is 3.24. The maximum absolute atomic E-state index is 5.41. The van der Waals surface area contributed by atoms with Crippen LogP contribution in [0.1, 0.15) is 25.0 Å². The third kappa shape index (κ3) is 2.41. The van der Waals surface area contributed by atoms with Gasteiger partial charge in [0.1, 0.15) is 5.60 Å². The first-order valence-electron chi connectivity index (χ1n) is 4.93. The number of hydrogen-bond donors (Lipinski definition) is 1. The molecule has 0 saturated carbocycles. The van der Waals surface area contributed by atoms with E-state index in [1.807, 2.05) is 13.8 Å². The fraction of sp³-hybridized carbons (Fsp3) is 0.333. The molecular weight excluding hydrogens is 254 g/mol. The molecule has 2 nitrogen and oxygen atoms in total. The van der Waals surface area contributed by atoms with Gasteiger partial charge in [-0.1, -0.05) is 40.2 Å². The zero-order valence-corrected chi connectivity index (χ0v) is 10.5. The molecule has 0 amide bonds. The van der Waals surface area contributed by atoms with Gasteiger partial charge in [0.05, 0.1) is 5.70 Å². The average molecular weight is 268 g/mol. The van der Waals surface area contributed by atoms with Crippen LogP contribution in [0.5, 0.6) is 0 Å². The van der Waals surface area contributed by atoms with E-state index in [0.29, 0.717) is 0 Å². The normalized spacial score (nSPS) is 18.5. The summed E-state index contributed by atoms with van der Waals surface area (Å²) in [6.07, 6.45) is 2.09. The van der Waals surface area contributed by atoms with Gasteiger partial charge in [-0.2, -0.15) is 0 Å². The van der Waals surface area contributed by atoms with Crippen LogP contribution in [0.15, 0.2) is 30.3 Å². The van der Waals surface area contributed by atoms with Gasteiger partial charge in [-0.3, -0.25) is 10.3 Å². The standard InChI is InChI=1S/C12H14BrNO/c1-12(2)7-11(14-15-12)10-5-3-9(8-13)4-6-10/h3-7,14H,8H2,1-2H3. The predicted molar refractivity (Wildman–Crippen MR) is 65.3 cm³/mol. The lowest BCUT2D eigenvalue weighted by atomic mass is 10.1. The Bertz CT molecular complexity index is 381.